The Bertz CT molecular complexity index is 1560. The van der Waals surface area contributed by atoms with Gasteiger partial charge >= 0.3 is 0 Å². The predicted octanol–water partition coefficient (Wildman–Crippen LogP) is 7.78. The zero-order chi connectivity index (χ0) is 29.2. The number of halogens is 2. The lowest BCUT2D eigenvalue weighted by Crippen LogP contribution is -2.30. The van der Waals surface area contributed by atoms with Gasteiger partial charge in [0.1, 0.15) is 11.4 Å². The van der Waals surface area contributed by atoms with Crippen molar-refractivity contribution in [1.29, 1.82) is 0 Å². The van der Waals surface area contributed by atoms with E-state index in [1.807, 2.05) is 19.1 Å². The second kappa shape index (κ2) is 14.6. The number of amides is 2. The van der Waals surface area contributed by atoms with Gasteiger partial charge in [-0.1, -0.05) is 53.5 Å². The second-order valence-electron chi connectivity index (χ2n) is 8.67. The highest BCUT2D eigenvalue weighted by Gasteiger charge is 2.16. The molecule has 0 fully saturated rings. The normalized spacial score (nSPS) is 11.0. The highest BCUT2D eigenvalue weighted by molar-refractivity contribution is 8.00. The third-order valence-electron chi connectivity index (χ3n) is 5.78. The Labute approximate surface area is 252 Å². The molecule has 6 nitrogen and oxygen atoms in total. The van der Waals surface area contributed by atoms with E-state index in [-0.39, 0.29) is 22.3 Å². The number of hydrogen-bond acceptors (Lipinski definition) is 5. The van der Waals surface area contributed by atoms with Crippen molar-refractivity contribution in [3.05, 3.63) is 129 Å². The number of rotatable bonds is 11. The van der Waals surface area contributed by atoms with Crippen molar-refractivity contribution in [1.82, 2.24) is 5.32 Å². The number of benzene rings is 4. The minimum atomic E-state index is -0.545. The van der Waals surface area contributed by atoms with Crippen LogP contribution in [0.5, 0.6) is 5.75 Å². The smallest absolute Gasteiger partial charge is 0.272 e. The summed E-state index contributed by atoms with van der Waals surface area (Å²) in [6, 6.07) is 27.7. The van der Waals surface area contributed by atoms with Crippen LogP contribution in [0.3, 0.4) is 0 Å². The lowest BCUT2D eigenvalue weighted by molar-refractivity contribution is -0.113. The van der Waals surface area contributed by atoms with Crippen LogP contribution in [-0.2, 0) is 4.79 Å². The zero-order valence-electron chi connectivity index (χ0n) is 22.0. The monoisotopic (exact) mass is 604 g/mol. The molecule has 0 aliphatic carbocycles. The summed E-state index contributed by atoms with van der Waals surface area (Å²) in [7, 11) is 0. The molecule has 0 aliphatic rings. The lowest BCUT2D eigenvalue weighted by Gasteiger charge is -2.12. The van der Waals surface area contributed by atoms with Crippen molar-refractivity contribution >= 4 is 64.3 Å². The fourth-order valence-corrected chi connectivity index (χ4v) is 4.85. The molecule has 0 heterocycles. The molecule has 0 bridgehead atoms. The molecular formula is C32H26Cl2N2O4S. The first-order valence-corrected chi connectivity index (χ1v) is 14.4. The van der Waals surface area contributed by atoms with Crippen molar-refractivity contribution in [3.63, 3.8) is 0 Å². The van der Waals surface area contributed by atoms with Gasteiger partial charge in [0.05, 0.1) is 22.4 Å². The first kappa shape index (κ1) is 29.9. The summed E-state index contributed by atoms with van der Waals surface area (Å²) in [5.41, 5.74) is 1.98. The Kier molecular flexibility index (Phi) is 10.6. The molecule has 2 N–H and O–H groups in total. The van der Waals surface area contributed by atoms with Crippen LogP contribution in [0, 0.1) is 0 Å². The average molecular weight is 606 g/mol. The van der Waals surface area contributed by atoms with Crippen LogP contribution in [0.15, 0.2) is 108 Å². The Morgan fingerprint density at radius 3 is 2.22 bits per heavy atom. The van der Waals surface area contributed by atoms with Crippen LogP contribution in [-0.4, -0.2) is 30.0 Å². The summed E-state index contributed by atoms with van der Waals surface area (Å²) >= 11 is 13.9. The van der Waals surface area contributed by atoms with Gasteiger partial charge in [-0.15, -0.1) is 11.8 Å². The quantitative estimate of drug-likeness (QED) is 0.104. The van der Waals surface area contributed by atoms with Crippen LogP contribution in [0.1, 0.15) is 33.2 Å². The topological polar surface area (TPSA) is 84.5 Å². The van der Waals surface area contributed by atoms with Crippen LogP contribution < -0.4 is 15.4 Å². The van der Waals surface area contributed by atoms with Gasteiger partial charge in [-0.3, -0.25) is 14.4 Å². The summed E-state index contributed by atoms with van der Waals surface area (Å²) in [6.07, 6.45) is 1.47. The lowest BCUT2D eigenvalue weighted by atomic mass is 10.1. The molecule has 0 saturated heterocycles. The van der Waals surface area contributed by atoms with Gasteiger partial charge in [0.2, 0.25) is 0 Å². The summed E-state index contributed by atoms with van der Waals surface area (Å²) < 4.78 is 5.42. The summed E-state index contributed by atoms with van der Waals surface area (Å²) in [5.74, 6) is -0.00875. The number of nitrogens with one attached hydrogen (secondary N) is 2. The second-order valence-corrected chi connectivity index (χ2v) is 10.5. The van der Waals surface area contributed by atoms with E-state index in [0.717, 1.165) is 10.6 Å². The SMILES string of the molecule is CCOc1ccc(C(=O)CSc2ccc(NC(=O)/C(=C/c3cccc(Cl)c3Cl)NC(=O)c3ccccc3)cc2)cc1. The van der Waals surface area contributed by atoms with Crippen molar-refractivity contribution < 1.29 is 19.1 Å². The standard InChI is InChI=1S/C32H26Cl2N2O4S/c1-2-40-25-15-11-21(12-16-25)29(37)20-41-26-17-13-24(14-18-26)35-32(39)28(19-23-9-6-10-27(33)30(23)34)36-31(38)22-7-4-3-5-8-22/h3-19H,2,20H2,1H3,(H,35,39)(H,36,38)/b28-19-. The number of hydrogen-bond donors (Lipinski definition) is 2. The van der Waals surface area contributed by atoms with Gasteiger partial charge in [0, 0.05) is 21.7 Å². The van der Waals surface area contributed by atoms with Gasteiger partial charge in [0.25, 0.3) is 11.8 Å². The van der Waals surface area contributed by atoms with E-state index < -0.39 is 11.8 Å². The number of thioether (sulfide) groups is 1. The van der Waals surface area contributed by atoms with Crippen LogP contribution in [0.2, 0.25) is 10.0 Å². The Morgan fingerprint density at radius 1 is 0.829 bits per heavy atom. The van der Waals surface area contributed by atoms with Crippen LogP contribution in [0.25, 0.3) is 6.08 Å². The maximum Gasteiger partial charge on any atom is 0.272 e. The molecule has 0 saturated carbocycles. The summed E-state index contributed by atoms with van der Waals surface area (Å²) in [4.78, 5) is 39.6. The van der Waals surface area contributed by atoms with Gasteiger partial charge in [-0.25, -0.2) is 0 Å². The molecule has 0 spiro atoms. The molecule has 9 heteroatoms. The number of ether oxygens (including phenoxy) is 1. The molecule has 208 valence electrons. The fraction of sp³-hybridized carbons (Fsp3) is 0.0938. The number of anilines is 1. The third kappa shape index (κ3) is 8.47. The van der Waals surface area contributed by atoms with Crippen molar-refractivity contribution in [2.24, 2.45) is 0 Å². The van der Waals surface area contributed by atoms with Crippen molar-refractivity contribution in [2.45, 2.75) is 11.8 Å². The first-order valence-electron chi connectivity index (χ1n) is 12.7. The molecule has 4 aromatic rings. The van der Waals surface area contributed by atoms with E-state index in [0.29, 0.717) is 34.0 Å². The van der Waals surface area contributed by atoms with E-state index in [9.17, 15) is 14.4 Å². The Balaban J connectivity index is 1.43. The molecule has 0 unspecified atom stereocenters. The van der Waals surface area contributed by atoms with E-state index in [4.69, 9.17) is 27.9 Å². The number of carbonyl (C=O) groups excluding carboxylic acids is 3. The largest absolute Gasteiger partial charge is 0.494 e. The third-order valence-corrected chi connectivity index (χ3v) is 7.63. The Hall–Kier alpha value is -4.04. The van der Waals surface area contributed by atoms with E-state index in [1.165, 1.54) is 17.8 Å². The highest BCUT2D eigenvalue weighted by atomic mass is 35.5. The minimum Gasteiger partial charge on any atom is -0.494 e. The van der Waals surface area contributed by atoms with Gasteiger partial charge in [-0.05, 0) is 85.3 Å². The van der Waals surface area contributed by atoms with Gasteiger partial charge < -0.3 is 15.4 Å². The van der Waals surface area contributed by atoms with Gasteiger partial charge in [0.15, 0.2) is 5.78 Å². The van der Waals surface area contributed by atoms with Crippen molar-refractivity contribution in [3.8, 4) is 5.75 Å². The summed E-state index contributed by atoms with van der Waals surface area (Å²) in [6.45, 7) is 2.47. The first-order chi connectivity index (χ1) is 19.8. The average Bonchev–Trinajstić information content (AvgIpc) is 2.99. The van der Waals surface area contributed by atoms with Crippen molar-refractivity contribution in [2.75, 3.05) is 17.7 Å². The maximum absolute atomic E-state index is 13.3. The van der Waals surface area contributed by atoms with Crippen LogP contribution >= 0.6 is 35.0 Å². The zero-order valence-corrected chi connectivity index (χ0v) is 24.4. The molecule has 0 aromatic heterocycles. The van der Waals surface area contributed by atoms with Crippen LogP contribution in [0.4, 0.5) is 5.69 Å². The predicted molar refractivity (Wildman–Crippen MR) is 166 cm³/mol. The molecule has 2 amide bonds. The number of carbonyl (C=O) groups is 3. The van der Waals surface area contributed by atoms with E-state index in [2.05, 4.69) is 10.6 Å². The summed E-state index contributed by atoms with van der Waals surface area (Å²) in [5, 5.41) is 6.06. The molecule has 0 atom stereocenters. The molecule has 0 aliphatic heterocycles. The Morgan fingerprint density at radius 2 is 1.54 bits per heavy atom. The molecular weight excluding hydrogens is 579 g/mol. The number of Topliss-reactive ketones (excluding diaryl/α,β-unsaturated/α-hetero) is 1. The molecule has 0 radical (unpaired) electrons. The fourth-order valence-electron chi connectivity index (χ4n) is 3.70. The van der Waals surface area contributed by atoms with E-state index >= 15 is 0 Å². The molecule has 4 aromatic carbocycles. The molecule has 4 rings (SSSR count). The number of ketones is 1. The highest BCUT2D eigenvalue weighted by Crippen LogP contribution is 2.27. The molecule has 41 heavy (non-hydrogen) atoms. The maximum atomic E-state index is 13.3. The van der Waals surface area contributed by atoms with E-state index in [1.54, 1.807) is 84.9 Å². The van der Waals surface area contributed by atoms with Gasteiger partial charge in [-0.2, -0.15) is 0 Å². The minimum absolute atomic E-state index is 0.000888.